The minimum atomic E-state index is 0.117. The summed E-state index contributed by atoms with van der Waals surface area (Å²) in [5.41, 5.74) is 7.45. The number of anilines is 1. The molecule has 0 aliphatic carbocycles. The second kappa shape index (κ2) is 5.86. The molecular weight excluding hydrogens is 248 g/mol. The van der Waals surface area contributed by atoms with Gasteiger partial charge in [0.1, 0.15) is 0 Å². The van der Waals surface area contributed by atoms with Crippen LogP contribution in [0, 0.1) is 11.3 Å². The maximum Gasteiger partial charge on any atom is 0.253 e. The second-order valence-electron chi connectivity index (χ2n) is 6.91. The van der Waals surface area contributed by atoms with Gasteiger partial charge in [0.25, 0.3) is 5.91 Å². The minimum Gasteiger partial charge on any atom is -0.399 e. The third-order valence-electron chi connectivity index (χ3n) is 4.37. The number of likely N-dealkylation sites (tertiary alicyclic amines) is 1. The molecule has 1 amide bonds. The van der Waals surface area contributed by atoms with Gasteiger partial charge in [0.15, 0.2) is 0 Å². The lowest BCUT2D eigenvalue weighted by Gasteiger charge is -2.29. The summed E-state index contributed by atoms with van der Waals surface area (Å²) < 4.78 is 0. The van der Waals surface area contributed by atoms with Gasteiger partial charge >= 0.3 is 0 Å². The van der Waals surface area contributed by atoms with Crippen molar-refractivity contribution >= 4 is 11.6 Å². The van der Waals surface area contributed by atoms with Gasteiger partial charge in [-0.05, 0) is 48.8 Å². The molecule has 20 heavy (non-hydrogen) atoms. The topological polar surface area (TPSA) is 46.3 Å². The lowest BCUT2D eigenvalue weighted by Crippen LogP contribution is -2.32. The van der Waals surface area contributed by atoms with Crippen LogP contribution in [0.1, 0.15) is 50.4 Å². The van der Waals surface area contributed by atoms with Crippen LogP contribution in [-0.2, 0) is 0 Å². The molecule has 3 heteroatoms. The molecule has 0 bridgehead atoms. The number of rotatable bonds is 1. The summed E-state index contributed by atoms with van der Waals surface area (Å²) in [6.07, 6.45) is 3.40. The monoisotopic (exact) mass is 274 g/mol. The van der Waals surface area contributed by atoms with Crippen LogP contribution in [0.25, 0.3) is 0 Å². The average molecular weight is 274 g/mol. The Bertz CT molecular complexity index is 476. The van der Waals surface area contributed by atoms with Crippen molar-refractivity contribution in [3.63, 3.8) is 0 Å². The number of amides is 1. The van der Waals surface area contributed by atoms with Crippen LogP contribution >= 0.6 is 0 Å². The summed E-state index contributed by atoms with van der Waals surface area (Å²) in [6.45, 7) is 8.61. The number of hydrogen-bond acceptors (Lipinski definition) is 2. The highest BCUT2D eigenvalue weighted by atomic mass is 16.2. The predicted octanol–water partition coefficient (Wildman–Crippen LogP) is 3.56. The number of nitrogen functional groups attached to an aromatic ring is 1. The number of nitrogens with two attached hydrogens (primary N) is 1. The van der Waals surface area contributed by atoms with Crippen molar-refractivity contribution in [3.05, 3.63) is 29.8 Å². The summed E-state index contributed by atoms with van der Waals surface area (Å²) in [7, 11) is 0. The van der Waals surface area contributed by atoms with Crippen molar-refractivity contribution in [3.8, 4) is 0 Å². The van der Waals surface area contributed by atoms with Crippen LogP contribution in [0.4, 0.5) is 5.69 Å². The van der Waals surface area contributed by atoms with E-state index in [-0.39, 0.29) is 5.91 Å². The van der Waals surface area contributed by atoms with Gasteiger partial charge in [-0.2, -0.15) is 0 Å². The number of carbonyl (C=O) groups is 1. The molecule has 2 N–H and O–H groups in total. The molecule has 1 aromatic carbocycles. The zero-order valence-electron chi connectivity index (χ0n) is 12.9. The van der Waals surface area contributed by atoms with Crippen LogP contribution in [0.15, 0.2) is 24.3 Å². The van der Waals surface area contributed by atoms with Crippen molar-refractivity contribution in [2.75, 3.05) is 18.8 Å². The zero-order valence-corrected chi connectivity index (χ0v) is 12.9. The van der Waals surface area contributed by atoms with E-state index in [0.717, 1.165) is 25.9 Å². The normalized spacial score (nSPS) is 20.6. The summed E-state index contributed by atoms with van der Waals surface area (Å²) >= 11 is 0. The molecule has 1 heterocycles. The molecule has 0 aromatic heterocycles. The molecule has 1 atom stereocenters. The highest BCUT2D eigenvalue weighted by Crippen LogP contribution is 2.34. The van der Waals surface area contributed by atoms with E-state index in [0.29, 0.717) is 22.6 Å². The number of nitrogens with zero attached hydrogens (tertiary/aromatic N) is 1. The standard InChI is InChI=1S/C17H26N2O/c1-17(2,3)14-7-5-10-19(11-9-14)16(20)13-6-4-8-15(18)12-13/h4,6,8,12,14H,5,7,9-11,18H2,1-3H3. The predicted molar refractivity (Wildman–Crippen MR) is 83.6 cm³/mol. The van der Waals surface area contributed by atoms with E-state index in [9.17, 15) is 4.79 Å². The molecule has 110 valence electrons. The Labute approximate surface area is 122 Å². The smallest absolute Gasteiger partial charge is 0.253 e. The first-order valence-electron chi connectivity index (χ1n) is 7.53. The second-order valence-corrected chi connectivity index (χ2v) is 6.91. The van der Waals surface area contributed by atoms with Crippen molar-refractivity contribution in [1.29, 1.82) is 0 Å². The lowest BCUT2D eigenvalue weighted by atomic mass is 9.77. The number of benzene rings is 1. The Morgan fingerprint density at radius 3 is 2.65 bits per heavy atom. The van der Waals surface area contributed by atoms with Crippen LogP contribution in [0.2, 0.25) is 0 Å². The van der Waals surface area contributed by atoms with E-state index in [2.05, 4.69) is 20.8 Å². The Kier molecular flexibility index (Phi) is 4.36. The summed E-state index contributed by atoms with van der Waals surface area (Å²) in [4.78, 5) is 14.5. The van der Waals surface area contributed by atoms with Gasteiger partial charge in [-0.3, -0.25) is 4.79 Å². The Balaban J connectivity index is 2.05. The van der Waals surface area contributed by atoms with Crippen molar-refractivity contribution < 1.29 is 4.79 Å². The number of carbonyl (C=O) groups excluding carboxylic acids is 1. The van der Waals surface area contributed by atoms with E-state index < -0.39 is 0 Å². The molecule has 1 saturated heterocycles. The largest absolute Gasteiger partial charge is 0.399 e. The molecule has 1 aliphatic rings. The van der Waals surface area contributed by atoms with Crippen LogP contribution in [0.3, 0.4) is 0 Å². The highest BCUT2D eigenvalue weighted by molar-refractivity contribution is 5.95. The zero-order chi connectivity index (χ0) is 14.8. The summed E-state index contributed by atoms with van der Waals surface area (Å²) in [5.74, 6) is 0.813. The minimum absolute atomic E-state index is 0.117. The van der Waals surface area contributed by atoms with Crippen molar-refractivity contribution in [1.82, 2.24) is 4.90 Å². The SMILES string of the molecule is CC(C)(C)C1CCCN(C(=O)c2cccc(N)c2)CC1. The maximum absolute atomic E-state index is 12.5. The van der Waals surface area contributed by atoms with Crippen molar-refractivity contribution in [2.45, 2.75) is 40.0 Å². The molecule has 0 spiro atoms. The first-order chi connectivity index (χ1) is 9.38. The molecule has 1 aliphatic heterocycles. The molecule has 2 rings (SSSR count). The fraction of sp³-hybridized carbons (Fsp3) is 0.588. The van der Waals surface area contributed by atoms with Crippen LogP contribution in [0.5, 0.6) is 0 Å². The van der Waals surface area contributed by atoms with Gasteiger partial charge in [0, 0.05) is 24.3 Å². The van der Waals surface area contributed by atoms with Gasteiger partial charge in [-0.1, -0.05) is 26.8 Å². The first-order valence-corrected chi connectivity index (χ1v) is 7.53. The average Bonchev–Trinajstić information content (AvgIpc) is 2.63. The molecule has 1 fully saturated rings. The van der Waals surface area contributed by atoms with Gasteiger partial charge in [0.2, 0.25) is 0 Å². The Morgan fingerprint density at radius 2 is 2.00 bits per heavy atom. The van der Waals surface area contributed by atoms with Gasteiger partial charge in [-0.15, -0.1) is 0 Å². The highest BCUT2D eigenvalue weighted by Gasteiger charge is 2.28. The third-order valence-corrected chi connectivity index (χ3v) is 4.37. The van der Waals surface area contributed by atoms with Crippen molar-refractivity contribution in [2.24, 2.45) is 11.3 Å². The van der Waals surface area contributed by atoms with Gasteiger partial charge < -0.3 is 10.6 Å². The van der Waals surface area contributed by atoms with E-state index in [4.69, 9.17) is 5.73 Å². The van der Waals surface area contributed by atoms with Crippen LogP contribution in [-0.4, -0.2) is 23.9 Å². The fourth-order valence-corrected chi connectivity index (χ4v) is 3.02. The summed E-state index contributed by atoms with van der Waals surface area (Å²) in [5, 5.41) is 0. The summed E-state index contributed by atoms with van der Waals surface area (Å²) in [6, 6.07) is 7.28. The molecule has 0 radical (unpaired) electrons. The Morgan fingerprint density at radius 1 is 1.25 bits per heavy atom. The van der Waals surface area contributed by atoms with E-state index in [1.807, 2.05) is 23.1 Å². The third kappa shape index (κ3) is 3.53. The van der Waals surface area contributed by atoms with Gasteiger partial charge in [-0.25, -0.2) is 0 Å². The molecule has 3 nitrogen and oxygen atoms in total. The van der Waals surface area contributed by atoms with Crippen LogP contribution < -0.4 is 5.73 Å². The number of hydrogen-bond donors (Lipinski definition) is 1. The quantitative estimate of drug-likeness (QED) is 0.796. The molecular formula is C17H26N2O. The molecule has 0 saturated carbocycles. The molecule has 1 unspecified atom stereocenters. The maximum atomic E-state index is 12.5. The van der Waals surface area contributed by atoms with E-state index in [1.165, 1.54) is 6.42 Å². The Hall–Kier alpha value is -1.51. The lowest BCUT2D eigenvalue weighted by molar-refractivity contribution is 0.0755. The van der Waals surface area contributed by atoms with E-state index >= 15 is 0 Å². The fourth-order valence-electron chi connectivity index (χ4n) is 3.02. The van der Waals surface area contributed by atoms with Gasteiger partial charge in [0.05, 0.1) is 0 Å². The first kappa shape index (κ1) is 14.9. The van der Waals surface area contributed by atoms with E-state index in [1.54, 1.807) is 6.07 Å². The molecule has 1 aromatic rings.